The molecule has 0 saturated heterocycles. The fraction of sp³-hybridized carbons (Fsp3) is 0. The van der Waals surface area contributed by atoms with Gasteiger partial charge < -0.3 is 10.3 Å². The highest BCUT2D eigenvalue weighted by molar-refractivity contribution is 6.30. The highest BCUT2D eigenvalue weighted by Gasteiger charge is 2.13. The minimum atomic E-state index is -1.09. The molecule has 126 valence electrons. The quantitative estimate of drug-likeness (QED) is 0.734. The molecule has 2 N–H and O–H groups in total. The maximum atomic E-state index is 13.2. The van der Waals surface area contributed by atoms with Crippen LogP contribution in [0.4, 0.5) is 14.5 Å². The first kappa shape index (κ1) is 16.9. The van der Waals surface area contributed by atoms with Gasteiger partial charge >= 0.3 is 0 Å². The summed E-state index contributed by atoms with van der Waals surface area (Å²) in [6, 6.07) is 12.7. The highest BCUT2D eigenvalue weighted by Crippen LogP contribution is 2.19. The van der Waals surface area contributed by atoms with E-state index in [0.29, 0.717) is 10.7 Å². The van der Waals surface area contributed by atoms with Gasteiger partial charge in [0.25, 0.3) is 11.5 Å². The first-order valence-corrected chi connectivity index (χ1v) is 7.57. The summed E-state index contributed by atoms with van der Waals surface area (Å²) < 4.78 is 26.1. The second kappa shape index (κ2) is 6.86. The van der Waals surface area contributed by atoms with Gasteiger partial charge in [0.15, 0.2) is 11.6 Å². The van der Waals surface area contributed by atoms with Gasteiger partial charge in [-0.2, -0.15) is 0 Å². The average molecular weight is 361 g/mol. The number of carbonyl (C=O) groups is 1. The molecule has 3 aromatic rings. The molecule has 1 aromatic heterocycles. The number of aromatic nitrogens is 1. The van der Waals surface area contributed by atoms with Gasteiger partial charge in [0, 0.05) is 22.5 Å². The van der Waals surface area contributed by atoms with E-state index in [1.165, 1.54) is 12.1 Å². The maximum Gasteiger partial charge on any atom is 0.261 e. The fourth-order valence-electron chi connectivity index (χ4n) is 2.22. The first-order chi connectivity index (χ1) is 11.9. The summed E-state index contributed by atoms with van der Waals surface area (Å²) >= 11 is 5.82. The van der Waals surface area contributed by atoms with Gasteiger partial charge in [-0.15, -0.1) is 0 Å². The van der Waals surface area contributed by atoms with E-state index in [0.717, 1.165) is 17.7 Å². The van der Waals surface area contributed by atoms with Crippen LogP contribution in [0.5, 0.6) is 0 Å². The zero-order chi connectivity index (χ0) is 18.0. The van der Waals surface area contributed by atoms with E-state index < -0.39 is 23.1 Å². The van der Waals surface area contributed by atoms with Crippen LogP contribution in [0.2, 0.25) is 5.02 Å². The van der Waals surface area contributed by atoms with E-state index in [2.05, 4.69) is 10.3 Å². The predicted molar refractivity (Wildman–Crippen MR) is 91.8 cm³/mol. The number of amides is 1. The third kappa shape index (κ3) is 3.75. The van der Waals surface area contributed by atoms with Crippen LogP contribution in [-0.4, -0.2) is 10.9 Å². The van der Waals surface area contributed by atoms with Crippen LogP contribution in [0.15, 0.2) is 59.4 Å². The van der Waals surface area contributed by atoms with Crippen LogP contribution in [0.1, 0.15) is 10.4 Å². The molecule has 25 heavy (non-hydrogen) atoms. The van der Waals surface area contributed by atoms with Crippen LogP contribution in [0.25, 0.3) is 11.3 Å². The standard InChI is InChI=1S/C18H11ClF2N2O2/c19-11-3-1-10(2-4-11)16-8-6-13(18(25)23-16)17(24)22-12-5-7-14(20)15(21)9-12/h1-9H,(H,22,24)(H,23,25). The van der Waals surface area contributed by atoms with Crippen molar-refractivity contribution in [1.82, 2.24) is 4.98 Å². The molecule has 0 aliphatic rings. The lowest BCUT2D eigenvalue weighted by Crippen LogP contribution is -2.23. The Balaban J connectivity index is 1.85. The molecule has 7 heteroatoms. The van der Waals surface area contributed by atoms with E-state index in [1.807, 2.05) is 0 Å². The molecule has 1 amide bonds. The van der Waals surface area contributed by atoms with E-state index >= 15 is 0 Å². The molecular formula is C18H11ClF2N2O2. The van der Waals surface area contributed by atoms with Crippen molar-refractivity contribution in [3.63, 3.8) is 0 Å². The lowest BCUT2D eigenvalue weighted by molar-refractivity contribution is 0.102. The van der Waals surface area contributed by atoms with Crippen LogP contribution >= 0.6 is 11.6 Å². The number of aromatic amines is 1. The molecule has 0 saturated carbocycles. The van der Waals surface area contributed by atoms with Gasteiger partial charge in [-0.25, -0.2) is 8.78 Å². The number of benzene rings is 2. The second-order valence-electron chi connectivity index (χ2n) is 5.20. The summed E-state index contributed by atoms with van der Waals surface area (Å²) in [5, 5.41) is 2.91. The molecule has 2 aromatic carbocycles. The second-order valence-corrected chi connectivity index (χ2v) is 5.64. The number of H-pyrrole nitrogens is 1. The van der Waals surface area contributed by atoms with Crippen molar-refractivity contribution in [3.8, 4) is 11.3 Å². The molecule has 0 atom stereocenters. The number of anilines is 1. The van der Waals surface area contributed by atoms with Gasteiger partial charge in [0.2, 0.25) is 0 Å². The summed E-state index contributed by atoms with van der Waals surface area (Å²) in [4.78, 5) is 26.9. The molecule has 4 nitrogen and oxygen atoms in total. The van der Waals surface area contributed by atoms with Gasteiger partial charge in [-0.3, -0.25) is 9.59 Å². The lowest BCUT2D eigenvalue weighted by Gasteiger charge is -2.07. The Morgan fingerprint density at radius 2 is 1.68 bits per heavy atom. The number of halogens is 3. The van der Waals surface area contributed by atoms with Crippen LogP contribution in [-0.2, 0) is 0 Å². The fourth-order valence-corrected chi connectivity index (χ4v) is 2.35. The third-order valence-electron chi connectivity index (χ3n) is 3.49. The van der Waals surface area contributed by atoms with Crippen LogP contribution < -0.4 is 10.9 Å². The first-order valence-electron chi connectivity index (χ1n) is 7.20. The molecule has 0 aliphatic heterocycles. The summed E-state index contributed by atoms with van der Waals surface area (Å²) in [5.41, 5.74) is 0.542. The van der Waals surface area contributed by atoms with E-state index in [4.69, 9.17) is 11.6 Å². The van der Waals surface area contributed by atoms with E-state index in [-0.39, 0.29) is 11.3 Å². The largest absolute Gasteiger partial charge is 0.322 e. The highest BCUT2D eigenvalue weighted by atomic mass is 35.5. The number of rotatable bonds is 3. The molecule has 0 unspecified atom stereocenters. The Hall–Kier alpha value is -2.99. The zero-order valence-corrected chi connectivity index (χ0v) is 13.4. The van der Waals surface area contributed by atoms with Crippen molar-refractivity contribution in [2.24, 2.45) is 0 Å². The normalized spacial score (nSPS) is 10.5. The number of nitrogens with one attached hydrogen (secondary N) is 2. The van der Waals surface area contributed by atoms with Crippen molar-refractivity contribution in [2.75, 3.05) is 5.32 Å². The minimum absolute atomic E-state index is 0.0464. The Labute approximate surface area is 146 Å². The smallest absolute Gasteiger partial charge is 0.261 e. The monoisotopic (exact) mass is 360 g/mol. The van der Waals surface area contributed by atoms with Crippen molar-refractivity contribution in [2.45, 2.75) is 0 Å². The van der Waals surface area contributed by atoms with Crippen LogP contribution in [0.3, 0.4) is 0 Å². The van der Waals surface area contributed by atoms with Crippen molar-refractivity contribution < 1.29 is 13.6 Å². The summed E-state index contributed by atoms with van der Waals surface area (Å²) in [6.45, 7) is 0. The van der Waals surface area contributed by atoms with Gasteiger partial charge in [0.05, 0.1) is 0 Å². The maximum absolute atomic E-state index is 13.2. The molecule has 0 fully saturated rings. The average Bonchev–Trinajstić information content (AvgIpc) is 2.58. The molecule has 3 rings (SSSR count). The number of hydrogen-bond acceptors (Lipinski definition) is 2. The molecule has 0 aliphatic carbocycles. The van der Waals surface area contributed by atoms with Crippen molar-refractivity contribution >= 4 is 23.2 Å². The lowest BCUT2D eigenvalue weighted by atomic mass is 10.1. The summed E-state index contributed by atoms with van der Waals surface area (Å²) in [7, 11) is 0. The van der Waals surface area contributed by atoms with Gasteiger partial charge in [0.1, 0.15) is 5.56 Å². The molecule has 0 bridgehead atoms. The number of pyridine rings is 1. The summed E-state index contributed by atoms with van der Waals surface area (Å²) in [6.07, 6.45) is 0. The van der Waals surface area contributed by atoms with Gasteiger partial charge in [-0.1, -0.05) is 23.7 Å². The van der Waals surface area contributed by atoms with E-state index in [9.17, 15) is 18.4 Å². The number of hydrogen-bond donors (Lipinski definition) is 2. The van der Waals surface area contributed by atoms with Crippen molar-refractivity contribution in [3.05, 3.63) is 87.2 Å². The van der Waals surface area contributed by atoms with Crippen LogP contribution in [0, 0.1) is 11.6 Å². The molecule has 1 heterocycles. The molecule has 0 spiro atoms. The van der Waals surface area contributed by atoms with E-state index in [1.54, 1.807) is 30.3 Å². The predicted octanol–water partition coefficient (Wildman–Crippen LogP) is 4.23. The molecular weight excluding hydrogens is 350 g/mol. The summed E-state index contributed by atoms with van der Waals surface area (Å²) in [5.74, 6) is -2.84. The van der Waals surface area contributed by atoms with Crippen molar-refractivity contribution in [1.29, 1.82) is 0 Å². The SMILES string of the molecule is O=C(Nc1ccc(F)c(F)c1)c1ccc(-c2ccc(Cl)cc2)[nH]c1=O. The molecule has 0 radical (unpaired) electrons. The zero-order valence-electron chi connectivity index (χ0n) is 12.6. The van der Waals surface area contributed by atoms with Gasteiger partial charge in [-0.05, 0) is 42.0 Å². The Kier molecular flexibility index (Phi) is 4.63. The number of carbonyl (C=O) groups excluding carboxylic acids is 1. The third-order valence-corrected chi connectivity index (χ3v) is 3.74. The Morgan fingerprint density at radius 1 is 0.960 bits per heavy atom. The Morgan fingerprint density at radius 3 is 2.32 bits per heavy atom. The topological polar surface area (TPSA) is 62.0 Å². The minimum Gasteiger partial charge on any atom is -0.322 e. The Bertz CT molecular complexity index is 1000.